The minimum Gasteiger partial charge on any atom is -0.495 e. The molecule has 1 amide bonds. The summed E-state index contributed by atoms with van der Waals surface area (Å²) >= 11 is 6.08. The lowest BCUT2D eigenvalue weighted by Gasteiger charge is -2.26. The zero-order valence-corrected chi connectivity index (χ0v) is 16.5. The van der Waals surface area contributed by atoms with Crippen molar-refractivity contribution in [1.29, 1.82) is 0 Å². The number of ether oxygens (including phenoxy) is 1. The predicted octanol–water partition coefficient (Wildman–Crippen LogP) is 3.55. The number of aryl methyl sites for hydroxylation is 1. The number of carbonyl (C=O) groups excluding carboxylic acids is 1. The number of carbonyl (C=O) groups is 1. The summed E-state index contributed by atoms with van der Waals surface area (Å²) in [4.78, 5) is 14.4. The van der Waals surface area contributed by atoms with E-state index < -0.39 is 10.0 Å². The quantitative estimate of drug-likeness (QED) is 0.842. The van der Waals surface area contributed by atoms with Crippen LogP contribution in [-0.4, -0.2) is 28.0 Å². The Kier molecular flexibility index (Phi) is 4.31. The van der Waals surface area contributed by atoms with Gasteiger partial charge in [-0.2, -0.15) is 0 Å². The summed E-state index contributed by atoms with van der Waals surface area (Å²) < 4.78 is 33.5. The van der Waals surface area contributed by atoms with Gasteiger partial charge in [-0.1, -0.05) is 11.6 Å². The van der Waals surface area contributed by atoms with E-state index in [1.165, 1.54) is 13.2 Å². The average Bonchev–Trinajstić information content (AvgIpc) is 2.88. The van der Waals surface area contributed by atoms with Crippen molar-refractivity contribution in [2.75, 3.05) is 23.3 Å². The van der Waals surface area contributed by atoms with E-state index in [-0.39, 0.29) is 16.7 Å². The van der Waals surface area contributed by atoms with Gasteiger partial charge in [-0.25, -0.2) is 8.42 Å². The Balaban J connectivity index is 1.73. The van der Waals surface area contributed by atoms with Crippen LogP contribution in [0.25, 0.3) is 0 Å². The Hall–Kier alpha value is -2.25. The highest BCUT2D eigenvalue weighted by molar-refractivity contribution is 7.92. The van der Waals surface area contributed by atoms with Crippen LogP contribution in [0.15, 0.2) is 35.2 Å². The van der Waals surface area contributed by atoms with Crippen molar-refractivity contribution in [1.82, 2.24) is 0 Å². The van der Waals surface area contributed by atoms with Crippen LogP contribution >= 0.6 is 11.6 Å². The first-order chi connectivity index (χ1) is 12.8. The zero-order valence-electron chi connectivity index (χ0n) is 15.0. The third kappa shape index (κ3) is 2.95. The normalized spacial score (nSPS) is 18.4. The highest BCUT2D eigenvalue weighted by Gasteiger charge is 2.38. The van der Waals surface area contributed by atoms with E-state index in [2.05, 4.69) is 4.72 Å². The molecule has 27 heavy (non-hydrogen) atoms. The molecular formula is C19H19ClN2O4S. The van der Waals surface area contributed by atoms with Gasteiger partial charge >= 0.3 is 0 Å². The van der Waals surface area contributed by atoms with E-state index in [0.29, 0.717) is 23.0 Å². The van der Waals surface area contributed by atoms with Crippen LogP contribution in [0.1, 0.15) is 30.4 Å². The molecule has 0 unspecified atom stereocenters. The smallest absolute Gasteiger partial charge is 0.261 e. The fraction of sp³-hybridized carbons (Fsp3) is 0.316. The first kappa shape index (κ1) is 18.1. The zero-order chi connectivity index (χ0) is 19.3. The molecule has 2 heterocycles. The second kappa shape index (κ2) is 6.42. The summed E-state index contributed by atoms with van der Waals surface area (Å²) in [6.07, 6.45) is 1.59. The predicted molar refractivity (Wildman–Crippen MR) is 104 cm³/mol. The molecule has 0 radical (unpaired) electrons. The van der Waals surface area contributed by atoms with Crippen LogP contribution in [0.2, 0.25) is 5.02 Å². The number of nitrogens with zero attached hydrogens (tertiary/aromatic N) is 1. The van der Waals surface area contributed by atoms with Crippen molar-refractivity contribution >= 4 is 38.9 Å². The van der Waals surface area contributed by atoms with Crippen LogP contribution in [0, 0.1) is 0 Å². The average molecular weight is 407 g/mol. The molecule has 0 fully saturated rings. The summed E-state index contributed by atoms with van der Waals surface area (Å²) in [5.74, 6) is 0.173. The number of hydrogen-bond donors (Lipinski definition) is 1. The van der Waals surface area contributed by atoms with Crippen molar-refractivity contribution in [2.45, 2.75) is 30.6 Å². The molecule has 6 nitrogen and oxygen atoms in total. The van der Waals surface area contributed by atoms with Crippen molar-refractivity contribution in [2.24, 2.45) is 0 Å². The van der Waals surface area contributed by atoms with Gasteiger partial charge in [-0.3, -0.25) is 9.52 Å². The number of methoxy groups -OCH3 is 1. The highest BCUT2D eigenvalue weighted by atomic mass is 35.5. The van der Waals surface area contributed by atoms with E-state index in [0.717, 1.165) is 29.7 Å². The number of rotatable bonds is 4. The number of sulfonamides is 1. The maximum absolute atomic E-state index is 12.9. The first-order valence-corrected chi connectivity index (χ1v) is 10.5. The number of nitrogens with one attached hydrogen (secondary N) is 1. The number of benzene rings is 2. The standard InChI is InChI=1S/C19H19ClN2O4S/c1-11-15-10-14(8-12-4-3-7-22(18(12)15)19(11)23)27(24,25)21-13-5-6-17(26-2)16(20)9-13/h5-6,8-11,21H,3-4,7H2,1-2H3/t11-/m1/s1. The summed E-state index contributed by atoms with van der Waals surface area (Å²) in [6.45, 7) is 2.52. The minimum atomic E-state index is -3.82. The lowest BCUT2D eigenvalue weighted by atomic mass is 9.97. The van der Waals surface area contributed by atoms with Gasteiger partial charge in [0, 0.05) is 6.54 Å². The van der Waals surface area contributed by atoms with Gasteiger partial charge in [0.2, 0.25) is 5.91 Å². The second-order valence-electron chi connectivity index (χ2n) is 6.79. The fourth-order valence-electron chi connectivity index (χ4n) is 3.76. The lowest BCUT2D eigenvalue weighted by Crippen LogP contribution is -2.32. The number of halogens is 1. The molecule has 0 saturated carbocycles. The Morgan fingerprint density at radius 3 is 2.74 bits per heavy atom. The molecule has 2 aromatic carbocycles. The molecule has 8 heteroatoms. The van der Waals surface area contributed by atoms with Crippen LogP contribution in [0.5, 0.6) is 5.75 Å². The molecule has 0 saturated heterocycles. The third-order valence-electron chi connectivity index (χ3n) is 5.11. The molecule has 142 valence electrons. The number of anilines is 2. The molecule has 0 bridgehead atoms. The third-order valence-corrected chi connectivity index (χ3v) is 6.76. The monoisotopic (exact) mass is 406 g/mol. The molecule has 4 rings (SSSR count). The Bertz CT molecular complexity index is 1050. The molecule has 0 spiro atoms. The second-order valence-corrected chi connectivity index (χ2v) is 8.88. The van der Waals surface area contributed by atoms with Gasteiger partial charge in [0.25, 0.3) is 10.0 Å². The van der Waals surface area contributed by atoms with Crippen molar-refractivity contribution in [3.05, 3.63) is 46.5 Å². The van der Waals surface area contributed by atoms with E-state index in [1.807, 2.05) is 6.92 Å². The number of hydrogen-bond acceptors (Lipinski definition) is 4. The molecule has 0 aromatic heterocycles. The number of amides is 1. The SMILES string of the molecule is COc1ccc(NS(=O)(=O)c2cc3c4c(c2)[C@@H](C)C(=O)N4CCC3)cc1Cl. The van der Waals surface area contributed by atoms with E-state index >= 15 is 0 Å². The van der Waals surface area contributed by atoms with E-state index in [9.17, 15) is 13.2 Å². The summed E-state index contributed by atoms with van der Waals surface area (Å²) in [5, 5.41) is 0.316. The molecule has 1 N–H and O–H groups in total. The van der Waals surface area contributed by atoms with Crippen molar-refractivity contribution in [3.63, 3.8) is 0 Å². The highest BCUT2D eigenvalue weighted by Crippen LogP contribution is 2.44. The van der Waals surface area contributed by atoms with Crippen LogP contribution in [0.4, 0.5) is 11.4 Å². The van der Waals surface area contributed by atoms with Crippen LogP contribution in [0.3, 0.4) is 0 Å². The Labute approximate surface area is 163 Å². The fourth-order valence-corrected chi connectivity index (χ4v) is 5.16. The Morgan fingerprint density at radius 1 is 1.26 bits per heavy atom. The summed E-state index contributed by atoms with van der Waals surface area (Å²) in [5.41, 5.74) is 2.93. The maximum atomic E-state index is 12.9. The molecule has 1 atom stereocenters. The van der Waals surface area contributed by atoms with Gasteiger partial charge in [0.05, 0.1) is 34.3 Å². The summed E-state index contributed by atoms with van der Waals surface area (Å²) in [7, 11) is -2.32. The summed E-state index contributed by atoms with van der Waals surface area (Å²) in [6, 6.07) is 7.98. The minimum absolute atomic E-state index is 0.0374. The van der Waals surface area contributed by atoms with Crippen LogP contribution < -0.4 is 14.4 Å². The molecular weight excluding hydrogens is 388 g/mol. The van der Waals surface area contributed by atoms with Gasteiger partial charge < -0.3 is 9.64 Å². The van der Waals surface area contributed by atoms with Gasteiger partial charge in [0.1, 0.15) is 5.75 Å². The molecule has 2 aliphatic heterocycles. The van der Waals surface area contributed by atoms with Crippen molar-refractivity contribution in [3.8, 4) is 5.75 Å². The topological polar surface area (TPSA) is 75.7 Å². The molecule has 2 aliphatic rings. The largest absolute Gasteiger partial charge is 0.495 e. The van der Waals surface area contributed by atoms with Gasteiger partial charge in [-0.05, 0) is 61.2 Å². The van der Waals surface area contributed by atoms with Crippen molar-refractivity contribution < 1.29 is 17.9 Å². The molecule has 0 aliphatic carbocycles. The van der Waals surface area contributed by atoms with E-state index in [4.69, 9.17) is 16.3 Å². The van der Waals surface area contributed by atoms with Crippen LogP contribution in [-0.2, 0) is 21.2 Å². The maximum Gasteiger partial charge on any atom is 0.261 e. The first-order valence-electron chi connectivity index (χ1n) is 8.66. The molecule has 2 aromatic rings. The van der Waals surface area contributed by atoms with E-state index in [1.54, 1.807) is 29.2 Å². The Morgan fingerprint density at radius 2 is 2.04 bits per heavy atom. The lowest BCUT2D eigenvalue weighted by molar-refractivity contribution is -0.119. The van der Waals surface area contributed by atoms with Gasteiger partial charge in [-0.15, -0.1) is 0 Å². The van der Waals surface area contributed by atoms with Gasteiger partial charge in [0.15, 0.2) is 0 Å².